The molecule has 5 nitrogen and oxygen atoms in total. The van der Waals surface area contributed by atoms with Crippen LogP contribution in [-0.2, 0) is 11.3 Å². The fraction of sp³-hybridized carbons (Fsp3) is 0.267. The van der Waals surface area contributed by atoms with Crippen LogP contribution in [0.25, 0.3) is 11.4 Å². The predicted octanol–water partition coefficient (Wildman–Crippen LogP) is 1.67. The number of benzene rings is 1. The third kappa shape index (κ3) is 3.95. The van der Waals surface area contributed by atoms with E-state index in [1.165, 1.54) is 0 Å². The van der Waals surface area contributed by atoms with Crippen molar-refractivity contribution in [1.82, 2.24) is 14.8 Å². The van der Waals surface area contributed by atoms with E-state index >= 15 is 0 Å². The molecule has 0 unspecified atom stereocenters. The van der Waals surface area contributed by atoms with Gasteiger partial charge in [-0.15, -0.1) is 10.2 Å². The Morgan fingerprint density at radius 3 is 2.81 bits per heavy atom. The maximum Gasteiger partial charge on any atom is 0.192 e. The molecular formula is C15H16N3O2S-. The fourth-order valence-corrected chi connectivity index (χ4v) is 2.58. The van der Waals surface area contributed by atoms with E-state index in [9.17, 15) is 9.90 Å². The Hall–Kier alpha value is -2.08. The van der Waals surface area contributed by atoms with Gasteiger partial charge in [0.15, 0.2) is 11.0 Å². The van der Waals surface area contributed by atoms with Crippen LogP contribution < -0.4 is 5.11 Å². The van der Waals surface area contributed by atoms with E-state index in [-0.39, 0.29) is 5.75 Å². The van der Waals surface area contributed by atoms with Gasteiger partial charge >= 0.3 is 0 Å². The summed E-state index contributed by atoms with van der Waals surface area (Å²) in [4.78, 5) is 10.6. The topological polar surface area (TPSA) is 70.8 Å². The van der Waals surface area contributed by atoms with Gasteiger partial charge in [0, 0.05) is 17.9 Å². The van der Waals surface area contributed by atoms with Crippen LogP contribution in [0.2, 0.25) is 0 Å². The average Bonchev–Trinajstić information content (AvgIpc) is 2.78. The first-order chi connectivity index (χ1) is 9.97. The lowest BCUT2D eigenvalue weighted by Crippen LogP contribution is -2.24. The third-order valence-electron chi connectivity index (χ3n) is 2.74. The molecule has 1 aromatic carbocycles. The van der Waals surface area contributed by atoms with E-state index in [4.69, 9.17) is 0 Å². The molecule has 6 heteroatoms. The highest BCUT2D eigenvalue weighted by molar-refractivity contribution is 7.99. The Balaban J connectivity index is 2.40. The van der Waals surface area contributed by atoms with E-state index < -0.39 is 5.97 Å². The van der Waals surface area contributed by atoms with Gasteiger partial charge < -0.3 is 9.90 Å². The van der Waals surface area contributed by atoms with Crippen molar-refractivity contribution in [3.63, 3.8) is 0 Å². The Bertz CT molecular complexity index is 679. The van der Waals surface area contributed by atoms with Gasteiger partial charge in [-0.2, -0.15) is 0 Å². The first kappa shape index (κ1) is 15.3. The monoisotopic (exact) mass is 302 g/mol. The van der Waals surface area contributed by atoms with Gasteiger partial charge in [0.1, 0.15) is 0 Å². The molecule has 2 rings (SSSR count). The second kappa shape index (κ2) is 6.58. The number of aliphatic carboxylic acids is 1. The SMILES string of the molecule is C=C(C)Cn1c(SCC(=O)[O-])nnc1-c1cccc(C)c1. The second-order valence-corrected chi connectivity index (χ2v) is 5.82. The van der Waals surface area contributed by atoms with Gasteiger partial charge in [-0.25, -0.2) is 0 Å². The standard InChI is InChI=1S/C15H17N3O2S/c1-10(2)8-18-14(12-6-4-5-11(3)7-12)16-17-15(18)21-9-13(19)20/h4-7H,1,8-9H2,2-3H3,(H,19,20)/p-1. The molecule has 0 saturated carbocycles. The van der Waals surface area contributed by atoms with E-state index in [1.807, 2.05) is 42.7 Å². The van der Waals surface area contributed by atoms with Crippen molar-refractivity contribution < 1.29 is 9.90 Å². The minimum atomic E-state index is -1.12. The molecule has 110 valence electrons. The Labute approximate surface area is 127 Å². The first-order valence-electron chi connectivity index (χ1n) is 6.44. The van der Waals surface area contributed by atoms with Gasteiger partial charge in [0.25, 0.3) is 0 Å². The van der Waals surface area contributed by atoms with Gasteiger partial charge in [0.2, 0.25) is 0 Å². The van der Waals surface area contributed by atoms with Crippen LogP contribution in [-0.4, -0.2) is 26.5 Å². The van der Waals surface area contributed by atoms with Crippen molar-refractivity contribution in [1.29, 1.82) is 0 Å². The highest BCUT2D eigenvalue weighted by Gasteiger charge is 2.14. The molecule has 0 amide bonds. The number of carbonyl (C=O) groups excluding carboxylic acids is 1. The first-order valence-corrected chi connectivity index (χ1v) is 7.43. The second-order valence-electron chi connectivity index (χ2n) is 4.88. The summed E-state index contributed by atoms with van der Waals surface area (Å²) in [5.41, 5.74) is 3.02. The Morgan fingerprint density at radius 1 is 1.43 bits per heavy atom. The maximum absolute atomic E-state index is 10.6. The molecule has 21 heavy (non-hydrogen) atoms. The highest BCUT2D eigenvalue weighted by atomic mass is 32.2. The van der Waals surface area contributed by atoms with Crippen LogP contribution in [0.5, 0.6) is 0 Å². The van der Waals surface area contributed by atoms with Crippen LogP contribution in [0, 0.1) is 6.92 Å². The number of hydrogen-bond acceptors (Lipinski definition) is 5. The van der Waals surface area contributed by atoms with Gasteiger partial charge in [0.05, 0.1) is 5.97 Å². The van der Waals surface area contributed by atoms with E-state index in [1.54, 1.807) is 0 Å². The summed E-state index contributed by atoms with van der Waals surface area (Å²) < 4.78 is 1.88. The number of thioether (sulfide) groups is 1. The molecule has 0 N–H and O–H groups in total. The summed E-state index contributed by atoms with van der Waals surface area (Å²) in [7, 11) is 0. The Kier molecular flexibility index (Phi) is 4.80. The number of carbonyl (C=O) groups is 1. The maximum atomic E-state index is 10.6. The van der Waals surface area contributed by atoms with Crippen molar-refractivity contribution in [2.45, 2.75) is 25.5 Å². The number of carboxylic acid groups (broad SMARTS) is 1. The molecule has 0 bridgehead atoms. The molecule has 2 aromatic rings. The minimum absolute atomic E-state index is 0.151. The van der Waals surface area contributed by atoms with Crippen molar-refractivity contribution in [3.05, 3.63) is 42.0 Å². The van der Waals surface area contributed by atoms with Gasteiger partial charge in [-0.05, 0) is 19.9 Å². The van der Waals surface area contributed by atoms with Crippen LogP contribution in [0.15, 0.2) is 41.6 Å². The summed E-state index contributed by atoms with van der Waals surface area (Å²) in [5.74, 6) is -0.563. The van der Waals surface area contributed by atoms with Crippen LogP contribution in [0.3, 0.4) is 0 Å². The van der Waals surface area contributed by atoms with Crippen LogP contribution >= 0.6 is 11.8 Å². The number of aryl methyl sites for hydroxylation is 1. The zero-order valence-electron chi connectivity index (χ0n) is 12.0. The molecule has 0 aliphatic heterocycles. The van der Waals surface area contributed by atoms with Crippen molar-refractivity contribution >= 4 is 17.7 Å². The summed E-state index contributed by atoms with van der Waals surface area (Å²) in [6, 6.07) is 7.94. The molecule has 1 heterocycles. The molecular weight excluding hydrogens is 286 g/mol. The zero-order chi connectivity index (χ0) is 15.4. The third-order valence-corrected chi connectivity index (χ3v) is 3.68. The molecule has 0 radical (unpaired) electrons. The van der Waals surface area contributed by atoms with Gasteiger partial charge in [-0.3, -0.25) is 4.57 Å². The van der Waals surface area contributed by atoms with E-state index in [0.717, 1.165) is 28.5 Å². The summed E-state index contributed by atoms with van der Waals surface area (Å²) in [6.07, 6.45) is 0. The molecule has 0 aliphatic carbocycles. The minimum Gasteiger partial charge on any atom is -0.549 e. The normalized spacial score (nSPS) is 10.6. The Morgan fingerprint density at radius 2 is 2.19 bits per heavy atom. The van der Waals surface area contributed by atoms with Crippen LogP contribution in [0.1, 0.15) is 12.5 Å². The van der Waals surface area contributed by atoms with Crippen LogP contribution in [0.4, 0.5) is 0 Å². The molecule has 0 saturated heterocycles. The largest absolute Gasteiger partial charge is 0.549 e. The lowest BCUT2D eigenvalue weighted by Gasteiger charge is -2.10. The molecule has 0 atom stereocenters. The summed E-state index contributed by atoms with van der Waals surface area (Å²) in [5, 5.41) is 19.5. The zero-order valence-corrected chi connectivity index (χ0v) is 12.8. The number of allylic oxidation sites excluding steroid dienone is 1. The number of nitrogens with zero attached hydrogens (tertiary/aromatic N) is 3. The summed E-state index contributed by atoms with van der Waals surface area (Å²) in [6.45, 7) is 8.37. The quantitative estimate of drug-likeness (QED) is 0.599. The van der Waals surface area contributed by atoms with Gasteiger partial charge in [-0.1, -0.05) is 47.7 Å². The highest BCUT2D eigenvalue weighted by Crippen LogP contribution is 2.25. The number of carboxylic acids is 1. The number of rotatable bonds is 6. The predicted molar refractivity (Wildman–Crippen MR) is 80.7 cm³/mol. The average molecular weight is 302 g/mol. The fourth-order valence-electron chi connectivity index (χ4n) is 1.93. The van der Waals surface area contributed by atoms with Crippen molar-refractivity contribution in [2.24, 2.45) is 0 Å². The van der Waals surface area contributed by atoms with Crippen molar-refractivity contribution in [2.75, 3.05) is 5.75 Å². The van der Waals surface area contributed by atoms with Crippen molar-refractivity contribution in [3.8, 4) is 11.4 Å². The molecule has 0 aliphatic rings. The number of aromatic nitrogens is 3. The summed E-state index contributed by atoms with van der Waals surface area (Å²) >= 11 is 1.10. The lowest BCUT2D eigenvalue weighted by molar-refractivity contribution is -0.301. The van der Waals surface area contributed by atoms with E-state index in [2.05, 4.69) is 16.8 Å². The smallest absolute Gasteiger partial charge is 0.192 e. The number of hydrogen-bond donors (Lipinski definition) is 0. The molecule has 1 aromatic heterocycles. The lowest BCUT2D eigenvalue weighted by atomic mass is 10.1. The molecule has 0 fully saturated rings. The molecule has 0 spiro atoms. The van der Waals surface area contributed by atoms with E-state index in [0.29, 0.717) is 17.5 Å².